The summed E-state index contributed by atoms with van der Waals surface area (Å²) in [4.78, 5) is 11.1. The lowest BCUT2D eigenvalue weighted by Crippen LogP contribution is -2.38. The van der Waals surface area contributed by atoms with Gasteiger partial charge in [-0.05, 0) is 13.3 Å². The van der Waals surface area contributed by atoms with Crippen LogP contribution in [0.15, 0.2) is 12.2 Å². The third kappa shape index (κ3) is 4.42. The third-order valence-electron chi connectivity index (χ3n) is 2.33. The molecule has 15 heavy (non-hydrogen) atoms. The second kappa shape index (κ2) is 6.55. The van der Waals surface area contributed by atoms with E-state index in [9.17, 15) is 4.79 Å². The van der Waals surface area contributed by atoms with Crippen molar-refractivity contribution in [2.24, 2.45) is 5.41 Å². The molecule has 0 heterocycles. The lowest BCUT2D eigenvalue weighted by atomic mass is 9.87. The summed E-state index contributed by atoms with van der Waals surface area (Å²) in [6.45, 7) is 4.40. The number of hydrogen-bond donors (Lipinski definition) is 4. The number of aliphatic hydroxyl groups is 3. The quantitative estimate of drug-likeness (QED) is 0.413. The molecule has 0 rings (SSSR count). The molecule has 0 saturated carbocycles. The van der Waals surface area contributed by atoms with Gasteiger partial charge in [-0.15, -0.1) is 0 Å². The second-order valence-corrected chi connectivity index (χ2v) is 3.76. The van der Waals surface area contributed by atoms with E-state index < -0.39 is 5.41 Å². The lowest BCUT2D eigenvalue weighted by molar-refractivity contribution is -0.117. The number of amides is 1. The lowest BCUT2D eigenvalue weighted by Gasteiger charge is -2.27. The molecule has 0 unspecified atom stereocenters. The summed E-state index contributed by atoms with van der Waals surface area (Å²) < 4.78 is 0. The van der Waals surface area contributed by atoms with Crippen LogP contribution < -0.4 is 5.32 Å². The molecule has 0 saturated heterocycles. The van der Waals surface area contributed by atoms with Crippen LogP contribution in [0.4, 0.5) is 0 Å². The van der Waals surface area contributed by atoms with Crippen molar-refractivity contribution in [2.75, 3.05) is 26.4 Å². The Bertz CT molecular complexity index is 215. The predicted octanol–water partition coefficient (Wildman–Crippen LogP) is -0.968. The Morgan fingerprint density at radius 1 is 1.27 bits per heavy atom. The van der Waals surface area contributed by atoms with Crippen LogP contribution >= 0.6 is 0 Å². The van der Waals surface area contributed by atoms with Crippen LogP contribution in [0.3, 0.4) is 0 Å². The minimum atomic E-state index is -0.928. The van der Waals surface area contributed by atoms with E-state index in [0.29, 0.717) is 12.0 Å². The van der Waals surface area contributed by atoms with Gasteiger partial charge < -0.3 is 20.6 Å². The Hall–Kier alpha value is -0.910. The Morgan fingerprint density at radius 3 is 2.07 bits per heavy atom. The van der Waals surface area contributed by atoms with Gasteiger partial charge in [0.05, 0.1) is 19.8 Å². The van der Waals surface area contributed by atoms with Crippen LogP contribution in [0.2, 0.25) is 0 Å². The largest absolute Gasteiger partial charge is 0.396 e. The third-order valence-corrected chi connectivity index (χ3v) is 2.33. The van der Waals surface area contributed by atoms with E-state index in [1.165, 1.54) is 0 Å². The van der Waals surface area contributed by atoms with E-state index >= 15 is 0 Å². The Balaban J connectivity index is 4.02. The molecular formula is C10H19NO4. The molecule has 5 heteroatoms. The van der Waals surface area contributed by atoms with Gasteiger partial charge in [0.2, 0.25) is 5.91 Å². The number of aliphatic hydroxyl groups excluding tert-OH is 3. The highest BCUT2D eigenvalue weighted by atomic mass is 16.3. The number of nitrogens with one attached hydrogen (secondary N) is 1. The maximum atomic E-state index is 11.1. The fourth-order valence-electron chi connectivity index (χ4n) is 0.979. The van der Waals surface area contributed by atoms with Crippen molar-refractivity contribution >= 4 is 5.91 Å². The Morgan fingerprint density at radius 2 is 1.73 bits per heavy atom. The molecule has 0 aliphatic rings. The second-order valence-electron chi connectivity index (χ2n) is 3.76. The SMILES string of the molecule is C=C(C)C(=O)NCCC(CO)(CO)CO. The van der Waals surface area contributed by atoms with Crippen LogP contribution in [0, 0.1) is 5.41 Å². The summed E-state index contributed by atoms with van der Waals surface area (Å²) in [5.41, 5.74) is -0.528. The summed E-state index contributed by atoms with van der Waals surface area (Å²) in [6, 6.07) is 0. The highest BCUT2D eigenvalue weighted by molar-refractivity contribution is 5.91. The number of rotatable bonds is 7. The average molecular weight is 217 g/mol. The van der Waals surface area contributed by atoms with E-state index in [1.807, 2.05) is 0 Å². The summed E-state index contributed by atoms with van der Waals surface area (Å²) in [5.74, 6) is -0.266. The molecule has 1 amide bonds. The van der Waals surface area contributed by atoms with Crippen LogP contribution in [0.25, 0.3) is 0 Å². The molecular weight excluding hydrogens is 198 g/mol. The maximum Gasteiger partial charge on any atom is 0.246 e. The molecule has 4 N–H and O–H groups in total. The first kappa shape index (κ1) is 14.1. The normalized spacial score (nSPS) is 11.2. The molecule has 0 atom stereocenters. The van der Waals surface area contributed by atoms with Gasteiger partial charge in [-0.1, -0.05) is 6.58 Å². The van der Waals surface area contributed by atoms with Gasteiger partial charge in [0.25, 0.3) is 0 Å². The van der Waals surface area contributed by atoms with Gasteiger partial charge in [-0.25, -0.2) is 0 Å². The predicted molar refractivity (Wildman–Crippen MR) is 56.1 cm³/mol. The number of carbonyl (C=O) groups excluding carboxylic acids is 1. The molecule has 88 valence electrons. The summed E-state index contributed by atoms with van der Waals surface area (Å²) >= 11 is 0. The van der Waals surface area contributed by atoms with Crippen LogP contribution in [-0.4, -0.2) is 47.6 Å². The molecule has 0 aromatic heterocycles. The smallest absolute Gasteiger partial charge is 0.246 e. The fraction of sp³-hybridized carbons (Fsp3) is 0.700. The van der Waals surface area contributed by atoms with Gasteiger partial charge in [-0.3, -0.25) is 4.79 Å². The van der Waals surface area contributed by atoms with Crippen molar-refractivity contribution in [1.82, 2.24) is 5.32 Å². The van der Waals surface area contributed by atoms with Crippen LogP contribution in [0.5, 0.6) is 0 Å². The zero-order chi connectivity index (χ0) is 11.9. The molecule has 0 aliphatic carbocycles. The summed E-state index contributed by atoms with van der Waals surface area (Å²) in [5, 5.41) is 29.6. The Labute approximate surface area is 89.4 Å². The minimum absolute atomic E-state index is 0.266. The van der Waals surface area contributed by atoms with Crippen LogP contribution in [0.1, 0.15) is 13.3 Å². The molecule has 0 aliphatic heterocycles. The van der Waals surface area contributed by atoms with Gasteiger partial charge in [0.1, 0.15) is 0 Å². The number of hydrogen-bond acceptors (Lipinski definition) is 4. The highest BCUT2D eigenvalue weighted by Crippen LogP contribution is 2.18. The first-order valence-corrected chi connectivity index (χ1v) is 4.77. The first-order valence-electron chi connectivity index (χ1n) is 4.77. The van der Waals surface area contributed by atoms with E-state index in [0.717, 1.165) is 0 Å². The van der Waals surface area contributed by atoms with Crippen molar-refractivity contribution in [2.45, 2.75) is 13.3 Å². The molecule has 5 nitrogen and oxygen atoms in total. The minimum Gasteiger partial charge on any atom is -0.396 e. The summed E-state index contributed by atoms with van der Waals surface area (Å²) in [7, 11) is 0. The molecule has 0 fully saturated rings. The van der Waals surface area contributed by atoms with Crippen LogP contribution in [-0.2, 0) is 4.79 Å². The monoisotopic (exact) mass is 217 g/mol. The van der Waals surface area contributed by atoms with Crippen molar-refractivity contribution in [1.29, 1.82) is 0 Å². The Kier molecular flexibility index (Phi) is 6.15. The molecule has 0 bridgehead atoms. The van der Waals surface area contributed by atoms with Gasteiger partial charge in [0, 0.05) is 17.5 Å². The topological polar surface area (TPSA) is 89.8 Å². The molecule has 0 spiro atoms. The van der Waals surface area contributed by atoms with Gasteiger partial charge >= 0.3 is 0 Å². The van der Waals surface area contributed by atoms with Gasteiger partial charge in [-0.2, -0.15) is 0 Å². The van der Waals surface area contributed by atoms with Crippen molar-refractivity contribution < 1.29 is 20.1 Å². The maximum absolute atomic E-state index is 11.1. The van der Waals surface area contributed by atoms with Crippen molar-refractivity contribution in [3.8, 4) is 0 Å². The fourth-order valence-corrected chi connectivity index (χ4v) is 0.979. The van der Waals surface area contributed by atoms with Crippen molar-refractivity contribution in [3.05, 3.63) is 12.2 Å². The van der Waals surface area contributed by atoms with Gasteiger partial charge in [0.15, 0.2) is 0 Å². The van der Waals surface area contributed by atoms with Crippen molar-refractivity contribution in [3.63, 3.8) is 0 Å². The molecule has 0 aromatic carbocycles. The zero-order valence-corrected chi connectivity index (χ0v) is 8.99. The van der Waals surface area contributed by atoms with E-state index in [-0.39, 0.29) is 32.3 Å². The number of carbonyl (C=O) groups is 1. The molecule has 0 aromatic rings. The van der Waals surface area contributed by atoms with E-state index in [2.05, 4.69) is 11.9 Å². The van der Waals surface area contributed by atoms with E-state index in [1.54, 1.807) is 6.92 Å². The summed E-state index contributed by atoms with van der Waals surface area (Å²) in [6.07, 6.45) is 0.315. The average Bonchev–Trinajstić information content (AvgIpc) is 2.24. The van der Waals surface area contributed by atoms with E-state index in [4.69, 9.17) is 15.3 Å². The standard InChI is InChI=1S/C10H19NO4/c1-8(2)9(15)11-4-3-10(5-12,6-13)7-14/h12-14H,1,3-7H2,2H3,(H,11,15). The zero-order valence-electron chi connectivity index (χ0n) is 8.99. The first-order chi connectivity index (χ1) is 7.01. The molecule has 0 radical (unpaired) electrons. The highest BCUT2D eigenvalue weighted by Gasteiger charge is 2.27.